The number of ether oxygens (including phenoxy) is 1. The van der Waals surface area contributed by atoms with Crippen LogP contribution in [0.2, 0.25) is 0 Å². The third-order valence-corrected chi connectivity index (χ3v) is 1.86. The van der Waals surface area contributed by atoms with Gasteiger partial charge < -0.3 is 9.84 Å². The highest BCUT2D eigenvalue weighted by Crippen LogP contribution is 2.22. The molecule has 0 spiro atoms. The van der Waals surface area contributed by atoms with Crippen molar-refractivity contribution in [3.63, 3.8) is 0 Å². The molecule has 0 radical (unpaired) electrons. The van der Waals surface area contributed by atoms with Gasteiger partial charge in [0.15, 0.2) is 0 Å². The van der Waals surface area contributed by atoms with Gasteiger partial charge in [-0.05, 0) is 24.3 Å². The number of rotatable bonds is 2. The Morgan fingerprint density at radius 2 is 2.07 bits per heavy atom. The first-order valence-corrected chi connectivity index (χ1v) is 4.19. The molecular weight excluding hydrogens is 204 g/mol. The van der Waals surface area contributed by atoms with Gasteiger partial charge in [-0.3, -0.25) is 4.98 Å². The molecule has 0 saturated carbocycles. The molecule has 0 aliphatic heterocycles. The van der Waals surface area contributed by atoms with Crippen molar-refractivity contribution in [3.05, 3.63) is 30.5 Å². The van der Waals surface area contributed by atoms with Crippen LogP contribution in [-0.4, -0.2) is 16.7 Å². The molecule has 0 aliphatic rings. The number of fused-ring (bicyclic) bond motifs is 1. The molecule has 0 fully saturated rings. The average Bonchev–Trinajstić information content (AvgIpc) is 2.16. The number of aromatic nitrogens is 1. The maximum Gasteiger partial charge on any atom is 0.387 e. The zero-order valence-corrected chi connectivity index (χ0v) is 7.52. The number of hydrogen-bond donors (Lipinski definition) is 1. The molecule has 0 bridgehead atoms. The third-order valence-electron chi connectivity index (χ3n) is 1.86. The van der Waals surface area contributed by atoms with Gasteiger partial charge in [-0.15, -0.1) is 0 Å². The van der Waals surface area contributed by atoms with Gasteiger partial charge in [0, 0.05) is 5.39 Å². The second-order valence-electron chi connectivity index (χ2n) is 2.93. The molecule has 0 aliphatic carbocycles. The van der Waals surface area contributed by atoms with E-state index in [4.69, 9.17) is 0 Å². The van der Waals surface area contributed by atoms with Gasteiger partial charge >= 0.3 is 6.61 Å². The summed E-state index contributed by atoms with van der Waals surface area (Å²) in [6.45, 7) is -2.87. The van der Waals surface area contributed by atoms with E-state index in [1.165, 1.54) is 24.4 Å². The molecule has 1 aromatic heterocycles. The summed E-state index contributed by atoms with van der Waals surface area (Å²) in [7, 11) is 0. The number of pyridine rings is 1. The zero-order chi connectivity index (χ0) is 10.8. The van der Waals surface area contributed by atoms with Gasteiger partial charge in [0.05, 0.1) is 11.7 Å². The van der Waals surface area contributed by atoms with E-state index in [2.05, 4.69) is 9.72 Å². The zero-order valence-electron chi connectivity index (χ0n) is 7.52. The quantitative estimate of drug-likeness (QED) is 0.829. The normalized spacial score (nSPS) is 10.9. The lowest BCUT2D eigenvalue weighted by atomic mass is 10.2. The molecule has 78 valence electrons. The van der Waals surface area contributed by atoms with Crippen molar-refractivity contribution in [2.24, 2.45) is 0 Å². The predicted molar refractivity (Wildman–Crippen MR) is 50.0 cm³/mol. The van der Waals surface area contributed by atoms with E-state index in [0.717, 1.165) is 0 Å². The van der Waals surface area contributed by atoms with Crippen LogP contribution < -0.4 is 4.74 Å². The molecule has 2 aromatic rings. The second kappa shape index (κ2) is 3.68. The van der Waals surface area contributed by atoms with E-state index >= 15 is 0 Å². The van der Waals surface area contributed by atoms with Gasteiger partial charge in [0.1, 0.15) is 11.5 Å². The van der Waals surface area contributed by atoms with Crippen LogP contribution in [0.1, 0.15) is 0 Å². The summed E-state index contributed by atoms with van der Waals surface area (Å²) in [6.07, 6.45) is 1.21. The van der Waals surface area contributed by atoms with Crippen LogP contribution >= 0.6 is 0 Å². The Morgan fingerprint density at radius 3 is 2.80 bits per heavy atom. The highest BCUT2D eigenvalue weighted by Gasteiger charge is 2.05. The van der Waals surface area contributed by atoms with Gasteiger partial charge in [0.2, 0.25) is 0 Å². The van der Waals surface area contributed by atoms with Gasteiger partial charge in [0.25, 0.3) is 0 Å². The molecule has 0 unspecified atom stereocenters. The number of benzene rings is 1. The van der Waals surface area contributed by atoms with Crippen molar-refractivity contribution in [3.8, 4) is 11.5 Å². The Balaban J connectivity index is 2.45. The van der Waals surface area contributed by atoms with E-state index in [-0.39, 0.29) is 11.5 Å². The monoisotopic (exact) mass is 211 g/mol. The standard InChI is InChI=1S/C10H7F2NO2/c11-10(12)15-8-4-6-3-7(14)1-2-9(6)13-5-8/h1-5,10,14H. The highest BCUT2D eigenvalue weighted by atomic mass is 19.3. The average molecular weight is 211 g/mol. The molecule has 3 nitrogen and oxygen atoms in total. The molecular formula is C10H7F2NO2. The smallest absolute Gasteiger partial charge is 0.387 e. The van der Waals surface area contributed by atoms with Gasteiger partial charge in [-0.1, -0.05) is 0 Å². The Morgan fingerprint density at radius 1 is 1.27 bits per heavy atom. The van der Waals surface area contributed by atoms with Crippen LogP contribution in [0.5, 0.6) is 11.5 Å². The number of halogens is 2. The van der Waals surface area contributed by atoms with E-state index in [1.807, 2.05) is 0 Å². The summed E-state index contributed by atoms with van der Waals surface area (Å²) in [5, 5.41) is 9.74. The number of nitrogens with zero attached hydrogens (tertiary/aromatic N) is 1. The number of hydrogen-bond acceptors (Lipinski definition) is 3. The minimum Gasteiger partial charge on any atom is -0.508 e. The number of alkyl halides is 2. The Labute approximate surface area is 83.9 Å². The first kappa shape index (κ1) is 9.64. The SMILES string of the molecule is Oc1ccc2ncc(OC(F)F)cc2c1. The van der Waals surface area contributed by atoms with Crippen LogP contribution in [0.4, 0.5) is 8.78 Å². The summed E-state index contributed by atoms with van der Waals surface area (Å²) in [5.41, 5.74) is 0.606. The third kappa shape index (κ3) is 2.12. The summed E-state index contributed by atoms with van der Waals surface area (Å²) >= 11 is 0. The number of aromatic hydroxyl groups is 1. The molecule has 0 amide bonds. The molecule has 5 heteroatoms. The van der Waals surface area contributed by atoms with Crippen molar-refractivity contribution in [1.29, 1.82) is 0 Å². The predicted octanol–water partition coefficient (Wildman–Crippen LogP) is 2.54. The first-order valence-electron chi connectivity index (χ1n) is 4.19. The maximum atomic E-state index is 11.9. The first-order chi connectivity index (χ1) is 7.15. The van der Waals surface area contributed by atoms with E-state index < -0.39 is 6.61 Å². The lowest BCUT2D eigenvalue weighted by Gasteiger charge is -2.04. The van der Waals surface area contributed by atoms with Crippen LogP contribution in [0.25, 0.3) is 10.9 Å². The van der Waals surface area contributed by atoms with Crippen molar-refractivity contribution in [1.82, 2.24) is 4.98 Å². The molecule has 1 N–H and O–H groups in total. The van der Waals surface area contributed by atoms with Crippen molar-refractivity contribution in [2.75, 3.05) is 0 Å². The Hall–Kier alpha value is -1.91. The molecule has 0 atom stereocenters. The van der Waals surface area contributed by atoms with Crippen LogP contribution in [0, 0.1) is 0 Å². The van der Waals surface area contributed by atoms with Gasteiger partial charge in [-0.2, -0.15) is 8.78 Å². The minimum atomic E-state index is -2.87. The van der Waals surface area contributed by atoms with Gasteiger partial charge in [-0.25, -0.2) is 0 Å². The summed E-state index contributed by atoms with van der Waals surface area (Å²) in [6, 6.07) is 5.90. The number of phenolic OH excluding ortho intramolecular Hbond substituents is 1. The highest BCUT2D eigenvalue weighted by molar-refractivity contribution is 5.81. The Kier molecular flexibility index (Phi) is 2.37. The lowest BCUT2D eigenvalue weighted by Crippen LogP contribution is -2.01. The van der Waals surface area contributed by atoms with Crippen LogP contribution in [0.3, 0.4) is 0 Å². The summed E-state index contributed by atoms with van der Waals surface area (Å²) in [5.74, 6) is 0.0293. The Bertz CT molecular complexity index is 488. The largest absolute Gasteiger partial charge is 0.508 e. The molecule has 1 heterocycles. The molecule has 15 heavy (non-hydrogen) atoms. The van der Waals surface area contributed by atoms with Crippen molar-refractivity contribution in [2.45, 2.75) is 6.61 Å². The molecule has 1 aromatic carbocycles. The fourth-order valence-electron chi connectivity index (χ4n) is 1.27. The van der Waals surface area contributed by atoms with Crippen molar-refractivity contribution >= 4 is 10.9 Å². The van der Waals surface area contributed by atoms with Crippen LogP contribution in [-0.2, 0) is 0 Å². The fraction of sp³-hybridized carbons (Fsp3) is 0.100. The van der Waals surface area contributed by atoms with E-state index in [0.29, 0.717) is 10.9 Å². The molecule has 2 rings (SSSR count). The van der Waals surface area contributed by atoms with E-state index in [1.54, 1.807) is 6.07 Å². The second-order valence-corrected chi connectivity index (χ2v) is 2.93. The summed E-state index contributed by atoms with van der Waals surface area (Å²) < 4.78 is 28.0. The maximum absolute atomic E-state index is 11.9. The topological polar surface area (TPSA) is 42.4 Å². The molecule has 0 saturated heterocycles. The number of phenols is 1. The lowest BCUT2D eigenvalue weighted by molar-refractivity contribution is -0.0499. The van der Waals surface area contributed by atoms with Crippen molar-refractivity contribution < 1.29 is 18.6 Å². The summed E-state index contributed by atoms with van der Waals surface area (Å²) in [4.78, 5) is 3.91. The van der Waals surface area contributed by atoms with E-state index in [9.17, 15) is 13.9 Å². The minimum absolute atomic E-state index is 0.0249. The fourth-order valence-corrected chi connectivity index (χ4v) is 1.27. The van der Waals surface area contributed by atoms with Crippen LogP contribution in [0.15, 0.2) is 30.5 Å².